The van der Waals surface area contributed by atoms with Crippen molar-refractivity contribution in [2.45, 2.75) is 29.6 Å². The van der Waals surface area contributed by atoms with Crippen LogP contribution in [0.15, 0.2) is 58.3 Å². The Hall–Kier alpha value is -1.90. The van der Waals surface area contributed by atoms with E-state index in [9.17, 15) is 16.8 Å². The second-order valence-electron chi connectivity index (χ2n) is 5.40. The average Bonchev–Trinajstić information content (AvgIpc) is 2.46. The first kappa shape index (κ1) is 17.5. The van der Waals surface area contributed by atoms with Crippen molar-refractivity contribution in [1.82, 2.24) is 0 Å². The van der Waals surface area contributed by atoms with Crippen molar-refractivity contribution in [3.63, 3.8) is 0 Å². The molecule has 0 aromatic heterocycles. The summed E-state index contributed by atoms with van der Waals surface area (Å²) >= 11 is 0. The molecule has 0 bridgehead atoms. The third-order valence-electron chi connectivity index (χ3n) is 3.29. The minimum absolute atomic E-state index is 0.0817. The lowest BCUT2D eigenvalue weighted by molar-refractivity contribution is 0.597. The summed E-state index contributed by atoms with van der Waals surface area (Å²) in [6.07, 6.45) is 0. The number of rotatable bonds is 5. The highest BCUT2D eigenvalue weighted by Crippen LogP contribution is 2.20. The largest absolute Gasteiger partial charge is 0.280 e. The van der Waals surface area contributed by atoms with Crippen LogP contribution in [0.2, 0.25) is 0 Å². The highest BCUT2D eigenvalue weighted by molar-refractivity contribution is 7.92. The fraction of sp³-hybridized carbons (Fsp3) is 0.200. The van der Waals surface area contributed by atoms with Crippen molar-refractivity contribution in [2.24, 2.45) is 5.14 Å². The second kappa shape index (κ2) is 6.31. The third kappa shape index (κ3) is 4.31. The molecule has 0 aliphatic carbocycles. The SMILES string of the molecule is CC(C)c1ccc(S(=O)(=O)Nc2ccc(S(N)(=O)=O)cc2)cc1. The number of hydrogen-bond acceptors (Lipinski definition) is 4. The van der Waals surface area contributed by atoms with E-state index in [0.717, 1.165) is 5.56 Å². The first-order chi connectivity index (χ1) is 10.6. The Kier molecular flexibility index (Phi) is 4.79. The van der Waals surface area contributed by atoms with Gasteiger partial charge in [-0.2, -0.15) is 0 Å². The van der Waals surface area contributed by atoms with Gasteiger partial charge in [0.15, 0.2) is 0 Å². The maximum Gasteiger partial charge on any atom is 0.261 e. The van der Waals surface area contributed by atoms with Gasteiger partial charge in [-0.1, -0.05) is 26.0 Å². The summed E-state index contributed by atoms with van der Waals surface area (Å²) in [4.78, 5) is 0.0548. The first-order valence-electron chi connectivity index (χ1n) is 6.85. The van der Waals surface area contributed by atoms with Crippen molar-refractivity contribution in [2.75, 3.05) is 4.72 Å². The van der Waals surface area contributed by atoms with E-state index < -0.39 is 20.0 Å². The van der Waals surface area contributed by atoms with Gasteiger partial charge in [0.25, 0.3) is 10.0 Å². The van der Waals surface area contributed by atoms with Crippen LogP contribution >= 0.6 is 0 Å². The molecular weight excluding hydrogens is 336 g/mol. The van der Waals surface area contributed by atoms with E-state index in [1.807, 2.05) is 13.8 Å². The summed E-state index contributed by atoms with van der Waals surface area (Å²) in [7, 11) is -7.54. The van der Waals surface area contributed by atoms with E-state index in [2.05, 4.69) is 4.72 Å². The zero-order valence-electron chi connectivity index (χ0n) is 12.7. The molecule has 0 fully saturated rings. The summed E-state index contributed by atoms with van der Waals surface area (Å²) in [5.41, 5.74) is 1.30. The highest BCUT2D eigenvalue weighted by Gasteiger charge is 2.15. The van der Waals surface area contributed by atoms with Crippen LogP contribution in [0.3, 0.4) is 0 Å². The molecule has 0 heterocycles. The van der Waals surface area contributed by atoms with Crippen LogP contribution < -0.4 is 9.86 Å². The molecule has 0 unspecified atom stereocenters. The number of nitrogens with one attached hydrogen (secondary N) is 1. The molecule has 23 heavy (non-hydrogen) atoms. The van der Waals surface area contributed by atoms with Gasteiger partial charge < -0.3 is 0 Å². The third-order valence-corrected chi connectivity index (χ3v) is 5.62. The van der Waals surface area contributed by atoms with E-state index in [-0.39, 0.29) is 15.5 Å². The Morgan fingerprint density at radius 2 is 1.30 bits per heavy atom. The van der Waals surface area contributed by atoms with Gasteiger partial charge in [-0.05, 0) is 47.9 Å². The van der Waals surface area contributed by atoms with Gasteiger partial charge >= 0.3 is 0 Å². The van der Waals surface area contributed by atoms with E-state index >= 15 is 0 Å². The quantitative estimate of drug-likeness (QED) is 0.859. The van der Waals surface area contributed by atoms with Gasteiger partial charge in [0, 0.05) is 5.69 Å². The Bertz CT molecular complexity index is 885. The molecule has 124 valence electrons. The van der Waals surface area contributed by atoms with Crippen LogP contribution in [0.4, 0.5) is 5.69 Å². The molecule has 0 aliphatic heterocycles. The van der Waals surface area contributed by atoms with Gasteiger partial charge in [0.05, 0.1) is 9.79 Å². The topological polar surface area (TPSA) is 106 Å². The number of benzene rings is 2. The molecule has 8 heteroatoms. The minimum atomic E-state index is -3.81. The molecule has 6 nitrogen and oxygen atoms in total. The predicted molar refractivity (Wildman–Crippen MR) is 89.2 cm³/mol. The summed E-state index contributed by atoms with van der Waals surface area (Å²) in [5, 5.41) is 5.00. The Morgan fingerprint density at radius 1 is 0.826 bits per heavy atom. The number of hydrogen-bond donors (Lipinski definition) is 2. The summed E-state index contributed by atoms with van der Waals surface area (Å²) in [6, 6.07) is 11.8. The molecule has 0 saturated heterocycles. The lowest BCUT2D eigenvalue weighted by Gasteiger charge is -2.10. The minimum Gasteiger partial charge on any atom is -0.280 e. The predicted octanol–water partition coefficient (Wildman–Crippen LogP) is 2.26. The molecule has 0 saturated carbocycles. The molecule has 2 aromatic rings. The average molecular weight is 354 g/mol. The second-order valence-corrected chi connectivity index (χ2v) is 8.64. The molecule has 0 amide bonds. The van der Waals surface area contributed by atoms with Gasteiger partial charge in [-0.3, -0.25) is 4.72 Å². The first-order valence-corrected chi connectivity index (χ1v) is 9.88. The van der Waals surface area contributed by atoms with Crippen LogP contribution in [0, 0.1) is 0 Å². The molecule has 0 spiro atoms. The molecule has 0 radical (unpaired) electrons. The van der Waals surface area contributed by atoms with Crippen molar-refractivity contribution < 1.29 is 16.8 Å². The van der Waals surface area contributed by atoms with Crippen molar-refractivity contribution in [3.05, 3.63) is 54.1 Å². The number of nitrogens with two attached hydrogens (primary N) is 1. The van der Waals surface area contributed by atoms with E-state index in [0.29, 0.717) is 5.92 Å². The van der Waals surface area contributed by atoms with Gasteiger partial charge in [0.1, 0.15) is 0 Å². The van der Waals surface area contributed by atoms with Crippen LogP contribution in [-0.4, -0.2) is 16.8 Å². The monoisotopic (exact) mass is 354 g/mol. The van der Waals surface area contributed by atoms with E-state index in [1.54, 1.807) is 12.1 Å². The molecular formula is C15H18N2O4S2. The molecule has 3 N–H and O–H groups in total. The number of sulfonamides is 2. The van der Waals surface area contributed by atoms with Crippen molar-refractivity contribution in [3.8, 4) is 0 Å². The molecule has 0 atom stereocenters. The molecule has 0 aliphatic rings. The van der Waals surface area contributed by atoms with Gasteiger partial charge in [-0.15, -0.1) is 0 Å². The summed E-state index contributed by atoms with van der Waals surface area (Å²) < 4.78 is 49.4. The van der Waals surface area contributed by atoms with Crippen molar-refractivity contribution in [1.29, 1.82) is 0 Å². The highest BCUT2D eigenvalue weighted by atomic mass is 32.2. The Morgan fingerprint density at radius 3 is 1.74 bits per heavy atom. The van der Waals surface area contributed by atoms with E-state index in [4.69, 9.17) is 5.14 Å². The zero-order valence-corrected chi connectivity index (χ0v) is 14.4. The fourth-order valence-electron chi connectivity index (χ4n) is 1.96. The molecule has 2 rings (SSSR count). The van der Waals surface area contributed by atoms with Gasteiger partial charge in [0.2, 0.25) is 10.0 Å². The number of anilines is 1. The van der Waals surface area contributed by atoms with Crippen LogP contribution in [0.1, 0.15) is 25.3 Å². The maximum absolute atomic E-state index is 12.3. The summed E-state index contributed by atoms with van der Waals surface area (Å²) in [5.74, 6) is 0.311. The normalized spacial score (nSPS) is 12.3. The van der Waals surface area contributed by atoms with E-state index in [1.165, 1.54) is 36.4 Å². The summed E-state index contributed by atoms with van der Waals surface area (Å²) in [6.45, 7) is 4.05. The Labute approximate surface area is 136 Å². The lowest BCUT2D eigenvalue weighted by atomic mass is 10.0. The fourth-order valence-corrected chi connectivity index (χ4v) is 3.53. The molecule has 2 aromatic carbocycles. The zero-order chi connectivity index (χ0) is 17.3. The lowest BCUT2D eigenvalue weighted by Crippen LogP contribution is -2.14. The standard InChI is InChI=1S/C15H18N2O4S2/c1-11(2)12-3-7-15(8-4-12)23(20,21)17-13-5-9-14(10-6-13)22(16,18)19/h3-11,17H,1-2H3,(H2,16,18,19). The van der Waals surface area contributed by atoms with Crippen LogP contribution in [0.25, 0.3) is 0 Å². The van der Waals surface area contributed by atoms with Crippen LogP contribution in [-0.2, 0) is 20.0 Å². The van der Waals surface area contributed by atoms with Crippen molar-refractivity contribution >= 4 is 25.7 Å². The van der Waals surface area contributed by atoms with Gasteiger partial charge in [-0.25, -0.2) is 22.0 Å². The Balaban J connectivity index is 2.24. The number of primary sulfonamides is 1. The van der Waals surface area contributed by atoms with Crippen LogP contribution in [0.5, 0.6) is 0 Å². The maximum atomic E-state index is 12.3. The smallest absolute Gasteiger partial charge is 0.261 e.